The van der Waals surface area contributed by atoms with Crippen LogP contribution in [0.2, 0.25) is 0 Å². The van der Waals surface area contributed by atoms with Crippen LogP contribution in [0.5, 0.6) is 5.75 Å². The Bertz CT molecular complexity index is 1400. The summed E-state index contributed by atoms with van der Waals surface area (Å²) >= 11 is 3.36. The SMILES string of the molecule is COc1ccc(Cn2c(=O)c3cc(Br)ccc3n(Cc3ccc(F)c(F)c3)c2=O)cc1. The fourth-order valence-electron chi connectivity index (χ4n) is 3.42. The van der Waals surface area contributed by atoms with Crippen molar-refractivity contribution in [2.75, 3.05) is 7.11 Å². The van der Waals surface area contributed by atoms with Crippen molar-refractivity contribution in [2.45, 2.75) is 13.1 Å². The molecule has 31 heavy (non-hydrogen) atoms. The molecule has 0 unspecified atom stereocenters. The zero-order valence-corrected chi connectivity index (χ0v) is 18.0. The molecule has 158 valence electrons. The molecule has 0 saturated heterocycles. The fraction of sp³-hybridized carbons (Fsp3) is 0.130. The Hall–Kier alpha value is -3.26. The molecule has 5 nitrogen and oxygen atoms in total. The van der Waals surface area contributed by atoms with E-state index in [2.05, 4.69) is 15.9 Å². The molecule has 8 heteroatoms. The summed E-state index contributed by atoms with van der Waals surface area (Å²) in [6.45, 7) is 0.0406. The second-order valence-electron chi connectivity index (χ2n) is 7.02. The Morgan fingerprint density at radius 1 is 0.839 bits per heavy atom. The van der Waals surface area contributed by atoms with Crippen LogP contribution in [0.15, 0.2) is 74.7 Å². The van der Waals surface area contributed by atoms with E-state index in [0.29, 0.717) is 26.7 Å². The molecule has 3 aromatic carbocycles. The van der Waals surface area contributed by atoms with E-state index >= 15 is 0 Å². The summed E-state index contributed by atoms with van der Waals surface area (Å²) in [6, 6.07) is 15.5. The lowest BCUT2D eigenvalue weighted by Gasteiger charge is -2.15. The van der Waals surface area contributed by atoms with Crippen molar-refractivity contribution in [3.63, 3.8) is 0 Å². The Labute approximate surface area is 184 Å². The molecule has 4 rings (SSSR count). The molecule has 0 radical (unpaired) electrons. The summed E-state index contributed by atoms with van der Waals surface area (Å²) < 4.78 is 35.4. The van der Waals surface area contributed by atoms with Crippen molar-refractivity contribution >= 4 is 26.8 Å². The number of aromatic nitrogens is 2. The van der Waals surface area contributed by atoms with Gasteiger partial charge in [-0.25, -0.2) is 13.6 Å². The zero-order valence-electron chi connectivity index (χ0n) is 16.4. The van der Waals surface area contributed by atoms with Gasteiger partial charge >= 0.3 is 5.69 Å². The summed E-state index contributed by atoms with van der Waals surface area (Å²) in [5.41, 5.74) is 0.585. The van der Waals surface area contributed by atoms with Gasteiger partial charge in [0, 0.05) is 4.47 Å². The first kappa shape index (κ1) is 21.0. The number of rotatable bonds is 5. The van der Waals surface area contributed by atoms with Gasteiger partial charge in [0.15, 0.2) is 11.6 Å². The van der Waals surface area contributed by atoms with Crippen molar-refractivity contribution in [1.82, 2.24) is 9.13 Å². The number of halogens is 3. The van der Waals surface area contributed by atoms with E-state index in [1.807, 2.05) is 0 Å². The monoisotopic (exact) mass is 486 g/mol. The Balaban J connectivity index is 1.88. The predicted octanol–water partition coefficient (Wildman–Crippen LogP) is 4.31. The number of fused-ring (bicyclic) bond motifs is 1. The third-order valence-corrected chi connectivity index (χ3v) is 5.50. The smallest absolute Gasteiger partial charge is 0.332 e. The van der Waals surface area contributed by atoms with Gasteiger partial charge in [-0.05, 0) is 53.6 Å². The van der Waals surface area contributed by atoms with Crippen LogP contribution in [0.1, 0.15) is 11.1 Å². The molecule has 1 heterocycles. The largest absolute Gasteiger partial charge is 0.497 e. The molecule has 0 spiro atoms. The third-order valence-electron chi connectivity index (χ3n) is 5.01. The summed E-state index contributed by atoms with van der Waals surface area (Å²) in [5, 5.41) is 0.338. The third kappa shape index (κ3) is 4.16. The average molecular weight is 487 g/mol. The Morgan fingerprint density at radius 3 is 2.19 bits per heavy atom. The van der Waals surface area contributed by atoms with Gasteiger partial charge in [-0.3, -0.25) is 13.9 Å². The summed E-state index contributed by atoms with van der Waals surface area (Å²) in [4.78, 5) is 26.4. The first-order chi connectivity index (χ1) is 14.9. The standard InChI is InChI=1S/C23H17BrF2N2O3/c1-31-17-6-2-14(3-7-17)12-28-22(29)18-11-16(24)5-9-21(18)27(23(28)30)13-15-4-8-19(25)20(26)10-15/h2-11H,12-13H2,1H3. The van der Waals surface area contributed by atoms with Crippen LogP contribution in [0.25, 0.3) is 10.9 Å². The number of hydrogen-bond donors (Lipinski definition) is 0. The van der Waals surface area contributed by atoms with Crippen LogP contribution in [0.3, 0.4) is 0 Å². The quantitative estimate of drug-likeness (QED) is 0.422. The van der Waals surface area contributed by atoms with Gasteiger partial charge in [0.2, 0.25) is 0 Å². The summed E-state index contributed by atoms with van der Waals surface area (Å²) in [5.74, 6) is -1.30. The highest BCUT2D eigenvalue weighted by Crippen LogP contribution is 2.18. The van der Waals surface area contributed by atoms with Crippen molar-refractivity contribution in [2.24, 2.45) is 0 Å². The molecular weight excluding hydrogens is 470 g/mol. The van der Waals surface area contributed by atoms with Crippen LogP contribution < -0.4 is 16.0 Å². The lowest BCUT2D eigenvalue weighted by Crippen LogP contribution is -2.40. The van der Waals surface area contributed by atoms with E-state index in [1.54, 1.807) is 49.6 Å². The van der Waals surface area contributed by atoms with Crippen molar-refractivity contribution < 1.29 is 13.5 Å². The highest BCUT2D eigenvalue weighted by atomic mass is 79.9. The first-order valence-electron chi connectivity index (χ1n) is 9.37. The molecule has 1 aromatic heterocycles. The zero-order chi connectivity index (χ0) is 22.1. The van der Waals surface area contributed by atoms with E-state index in [1.165, 1.54) is 10.6 Å². The number of hydrogen-bond acceptors (Lipinski definition) is 3. The molecule has 0 N–H and O–H groups in total. The molecule has 0 bridgehead atoms. The van der Waals surface area contributed by atoms with Gasteiger partial charge in [0.1, 0.15) is 5.75 Å². The minimum absolute atomic E-state index is 0.0168. The predicted molar refractivity (Wildman–Crippen MR) is 118 cm³/mol. The van der Waals surface area contributed by atoms with Crippen molar-refractivity contribution in [1.29, 1.82) is 0 Å². The lowest BCUT2D eigenvalue weighted by atomic mass is 10.2. The van der Waals surface area contributed by atoms with E-state index < -0.39 is 22.9 Å². The maximum Gasteiger partial charge on any atom is 0.332 e. The van der Waals surface area contributed by atoms with Gasteiger partial charge < -0.3 is 4.74 Å². The summed E-state index contributed by atoms with van der Waals surface area (Å²) in [6.07, 6.45) is 0. The molecule has 0 fully saturated rings. The molecule has 0 aliphatic rings. The van der Waals surface area contributed by atoms with Crippen LogP contribution in [0, 0.1) is 11.6 Å². The maximum atomic E-state index is 13.7. The van der Waals surface area contributed by atoms with Gasteiger partial charge in [-0.15, -0.1) is 0 Å². The van der Waals surface area contributed by atoms with Crippen LogP contribution in [-0.4, -0.2) is 16.2 Å². The summed E-state index contributed by atoms with van der Waals surface area (Å²) in [7, 11) is 1.55. The van der Waals surface area contributed by atoms with Gasteiger partial charge in [0.25, 0.3) is 5.56 Å². The second-order valence-corrected chi connectivity index (χ2v) is 7.93. The molecule has 0 aliphatic carbocycles. The van der Waals surface area contributed by atoms with Gasteiger partial charge in [0.05, 0.1) is 31.1 Å². The highest BCUT2D eigenvalue weighted by Gasteiger charge is 2.15. The van der Waals surface area contributed by atoms with Crippen molar-refractivity contribution in [3.8, 4) is 5.75 Å². The average Bonchev–Trinajstić information content (AvgIpc) is 2.77. The number of benzene rings is 3. The molecular formula is C23H17BrF2N2O3. The Morgan fingerprint density at radius 2 is 1.52 bits per heavy atom. The minimum atomic E-state index is -0.996. The van der Waals surface area contributed by atoms with Crippen molar-refractivity contribution in [3.05, 3.63) is 109 Å². The molecule has 0 aliphatic heterocycles. The van der Waals surface area contributed by atoms with Crippen LogP contribution >= 0.6 is 15.9 Å². The van der Waals surface area contributed by atoms with E-state index in [0.717, 1.165) is 22.3 Å². The molecule has 0 saturated carbocycles. The van der Waals surface area contributed by atoms with E-state index in [9.17, 15) is 18.4 Å². The molecule has 4 aromatic rings. The number of nitrogens with zero attached hydrogens (tertiary/aromatic N) is 2. The molecule has 0 atom stereocenters. The number of methoxy groups -OCH3 is 1. The Kier molecular flexibility index (Phi) is 5.73. The van der Waals surface area contributed by atoms with Crippen LogP contribution in [0.4, 0.5) is 8.78 Å². The van der Waals surface area contributed by atoms with Gasteiger partial charge in [-0.1, -0.05) is 34.1 Å². The normalized spacial score (nSPS) is 11.1. The first-order valence-corrected chi connectivity index (χ1v) is 10.2. The maximum absolute atomic E-state index is 13.7. The number of ether oxygens (including phenoxy) is 1. The highest BCUT2D eigenvalue weighted by molar-refractivity contribution is 9.10. The molecule has 0 amide bonds. The van der Waals surface area contributed by atoms with E-state index in [4.69, 9.17) is 4.74 Å². The van der Waals surface area contributed by atoms with Gasteiger partial charge in [-0.2, -0.15) is 0 Å². The van der Waals surface area contributed by atoms with E-state index in [-0.39, 0.29) is 13.1 Å². The minimum Gasteiger partial charge on any atom is -0.497 e. The lowest BCUT2D eigenvalue weighted by molar-refractivity contribution is 0.414. The van der Waals surface area contributed by atoms with Crippen LogP contribution in [-0.2, 0) is 13.1 Å². The topological polar surface area (TPSA) is 53.2 Å². The second kappa shape index (κ2) is 8.47. The fourth-order valence-corrected chi connectivity index (χ4v) is 3.78.